The van der Waals surface area contributed by atoms with Gasteiger partial charge in [-0.25, -0.2) is 4.98 Å². The van der Waals surface area contributed by atoms with Crippen molar-refractivity contribution in [3.8, 4) is 5.75 Å². The van der Waals surface area contributed by atoms with Gasteiger partial charge in [-0.2, -0.15) is 0 Å². The highest BCUT2D eigenvalue weighted by Crippen LogP contribution is 2.31. The van der Waals surface area contributed by atoms with Gasteiger partial charge in [-0.3, -0.25) is 14.5 Å². The van der Waals surface area contributed by atoms with Crippen molar-refractivity contribution in [1.82, 2.24) is 9.55 Å². The van der Waals surface area contributed by atoms with Gasteiger partial charge in [-0.15, -0.1) is 0 Å². The summed E-state index contributed by atoms with van der Waals surface area (Å²) in [6, 6.07) is 23.3. The number of carbonyl (C=O) groups is 2. The lowest BCUT2D eigenvalue weighted by molar-refractivity contribution is -0.123. The van der Waals surface area contributed by atoms with E-state index in [9.17, 15) is 9.59 Å². The largest absolute Gasteiger partial charge is 0.482 e. The third-order valence-electron chi connectivity index (χ3n) is 6.03. The minimum atomic E-state index is -0.255. The zero-order valence-corrected chi connectivity index (χ0v) is 19.0. The second-order valence-electron chi connectivity index (χ2n) is 8.24. The normalized spacial score (nSPS) is 13.0. The first-order valence-corrected chi connectivity index (χ1v) is 11.5. The number of nitrogens with one attached hydrogen (secondary N) is 1. The molecule has 7 nitrogen and oxygen atoms in total. The standard InChI is InChI=1S/C27H26N4O3/c1-2-30-22-8-4-3-7-21(22)29-25(30)16-13-19-11-14-20(15-12-19)28-26(32)17-31-23-9-5-6-10-24(23)34-18-27(31)33/h3-12,14-15H,2,13,16-18H2,1H3,(H,28,32). The summed E-state index contributed by atoms with van der Waals surface area (Å²) in [4.78, 5) is 31.2. The third kappa shape index (κ3) is 4.37. The van der Waals surface area contributed by atoms with Gasteiger partial charge in [0.2, 0.25) is 5.91 Å². The molecule has 4 aromatic rings. The van der Waals surface area contributed by atoms with Crippen LogP contribution in [0, 0.1) is 0 Å². The number of imidazole rings is 1. The average molecular weight is 455 g/mol. The van der Waals surface area contributed by atoms with Crippen molar-refractivity contribution in [3.05, 3.63) is 84.2 Å². The zero-order valence-electron chi connectivity index (χ0n) is 19.0. The van der Waals surface area contributed by atoms with E-state index in [-0.39, 0.29) is 25.0 Å². The Morgan fingerprint density at radius 3 is 2.59 bits per heavy atom. The molecule has 0 unspecified atom stereocenters. The number of fused-ring (bicyclic) bond motifs is 2. The molecule has 0 saturated carbocycles. The quantitative estimate of drug-likeness (QED) is 0.454. The molecule has 3 aromatic carbocycles. The molecule has 1 N–H and O–H groups in total. The SMILES string of the molecule is CCn1c(CCc2ccc(NC(=O)CN3C(=O)COc4ccccc43)cc2)nc2ccccc21. The lowest BCUT2D eigenvalue weighted by Crippen LogP contribution is -2.43. The van der Waals surface area contributed by atoms with Crippen molar-refractivity contribution in [2.24, 2.45) is 0 Å². The molecule has 1 aromatic heterocycles. The highest BCUT2D eigenvalue weighted by atomic mass is 16.5. The van der Waals surface area contributed by atoms with Crippen LogP contribution in [0.1, 0.15) is 18.3 Å². The van der Waals surface area contributed by atoms with Crippen molar-refractivity contribution in [2.45, 2.75) is 26.3 Å². The van der Waals surface area contributed by atoms with Gasteiger partial charge in [0.15, 0.2) is 6.61 Å². The Kier molecular flexibility index (Phi) is 5.99. The van der Waals surface area contributed by atoms with E-state index < -0.39 is 0 Å². The minimum absolute atomic E-state index is 0.0613. The van der Waals surface area contributed by atoms with Gasteiger partial charge in [0, 0.05) is 18.7 Å². The topological polar surface area (TPSA) is 76.5 Å². The van der Waals surface area contributed by atoms with Gasteiger partial charge in [-0.1, -0.05) is 36.4 Å². The number of ether oxygens (including phenoxy) is 1. The average Bonchev–Trinajstić information content (AvgIpc) is 3.23. The number of carbonyl (C=O) groups excluding carboxylic acids is 2. The molecular weight excluding hydrogens is 428 g/mol. The number of benzene rings is 3. The van der Waals surface area contributed by atoms with E-state index >= 15 is 0 Å². The first-order valence-electron chi connectivity index (χ1n) is 11.5. The van der Waals surface area contributed by atoms with E-state index in [0.717, 1.165) is 30.7 Å². The van der Waals surface area contributed by atoms with Gasteiger partial charge >= 0.3 is 0 Å². The smallest absolute Gasteiger partial charge is 0.265 e. The predicted octanol–water partition coefficient (Wildman–Crippen LogP) is 4.21. The van der Waals surface area contributed by atoms with E-state index in [1.807, 2.05) is 54.6 Å². The molecule has 2 amide bonds. The highest BCUT2D eigenvalue weighted by molar-refractivity contribution is 6.04. The first-order chi connectivity index (χ1) is 16.6. The van der Waals surface area contributed by atoms with Crippen molar-refractivity contribution >= 4 is 34.2 Å². The minimum Gasteiger partial charge on any atom is -0.482 e. The Morgan fingerprint density at radius 2 is 1.76 bits per heavy atom. The lowest BCUT2D eigenvalue weighted by atomic mass is 10.1. The fourth-order valence-corrected chi connectivity index (χ4v) is 4.35. The second kappa shape index (κ2) is 9.39. The molecule has 34 heavy (non-hydrogen) atoms. The number of para-hydroxylation sites is 4. The summed E-state index contributed by atoms with van der Waals surface area (Å²) in [5, 5.41) is 2.89. The molecule has 172 valence electrons. The van der Waals surface area contributed by atoms with Crippen molar-refractivity contribution in [1.29, 1.82) is 0 Å². The fourth-order valence-electron chi connectivity index (χ4n) is 4.35. The highest BCUT2D eigenvalue weighted by Gasteiger charge is 2.26. The number of hydrogen-bond donors (Lipinski definition) is 1. The molecule has 0 saturated heterocycles. The Balaban J connectivity index is 1.21. The first kappa shape index (κ1) is 21.7. The van der Waals surface area contributed by atoms with Crippen LogP contribution in [0.25, 0.3) is 11.0 Å². The number of anilines is 2. The summed E-state index contributed by atoms with van der Waals surface area (Å²) >= 11 is 0. The second-order valence-corrected chi connectivity index (χ2v) is 8.24. The molecule has 1 aliphatic rings. The molecule has 0 aliphatic carbocycles. The molecule has 0 atom stereocenters. The maximum atomic E-state index is 12.6. The van der Waals surface area contributed by atoms with Crippen molar-refractivity contribution < 1.29 is 14.3 Å². The Labute approximate surface area is 198 Å². The molecule has 1 aliphatic heterocycles. The van der Waals surface area contributed by atoms with Crippen LogP contribution >= 0.6 is 0 Å². The van der Waals surface area contributed by atoms with E-state index in [2.05, 4.69) is 22.9 Å². The molecule has 0 fully saturated rings. The van der Waals surface area contributed by atoms with Gasteiger partial charge < -0.3 is 14.6 Å². The van der Waals surface area contributed by atoms with Crippen LogP contribution < -0.4 is 15.0 Å². The number of rotatable bonds is 7. The maximum Gasteiger partial charge on any atom is 0.265 e. The predicted molar refractivity (Wildman–Crippen MR) is 132 cm³/mol. The lowest BCUT2D eigenvalue weighted by Gasteiger charge is -2.28. The molecule has 5 rings (SSSR count). The number of aromatic nitrogens is 2. The molecular formula is C27H26N4O3. The number of hydrogen-bond acceptors (Lipinski definition) is 4. The number of amides is 2. The van der Waals surface area contributed by atoms with Gasteiger partial charge in [0.25, 0.3) is 5.91 Å². The van der Waals surface area contributed by atoms with Crippen LogP contribution in [0.3, 0.4) is 0 Å². The summed E-state index contributed by atoms with van der Waals surface area (Å²) in [5.41, 5.74) is 4.68. The zero-order chi connectivity index (χ0) is 23.5. The van der Waals surface area contributed by atoms with E-state index in [0.29, 0.717) is 17.1 Å². The van der Waals surface area contributed by atoms with Gasteiger partial charge in [0.05, 0.1) is 16.7 Å². The number of nitrogens with zero attached hydrogens (tertiary/aromatic N) is 3. The van der Waals surface area contributed by atoms with Crippen LogP contribution in [0.2, 0.25) is 0 Å². The molecule has 7 heteroatoms. The van der Waals surface area contributed by atoms with E-state index in [1.54, 1.807) is 12.1 Å². The third-order valence-corrected chi connectivity index (χ3v) is 6.03. The van der Waals surface area contributed by atoms with Gasteiger partial charge in [-0.05, 0) is 55.3 Å². The fraction of sp³-hybridized carbons (Fsp3) is 0.222. The Morgan fingerprint density at radius 1 is 1.00 bits per heavy atom. The summed E-state index contributed by atoms with van der Waals surface area (Å²) in [6.07, 6.45) is 1.70. The molecule has 0 spiro atoms. The summed E-state index contributed by atoms with van der Waals surface area (Å²) in [5.74, 6) is 1.20. The maximum absolute atomic E-state index is 12.6. The molecule has 2 heterocycles. The summed E-state index contributed by atoms with van der Waals surface area (Å²) in [7, 11) is 0. The Hall–Kier alpha value is -4.13. The monoisotopic (exact) mass is 454 g/mol. The summed E-state index contributed by atoms with van der Waals surface area (Å²) in [6.45, 7) is 2.90. The van der Waals surface area contributed by atoms with Crippen LogP contribution in [-0.2, 0) is 29.0 Å². The van der Waals surface area contributed by atoms with Crippen molar-refractivity contribution in [3.63, 3.8) is 0 Å². The van der Waals surface area contributed by atoms with Crippen LogP contribution in [0.5, 0.6) is 5.75 Å². The van der Waals surface area contributed by atoms with E-state index in [4.69, 9.17) is 9.72 Å². The summed E-state index contributed by atoms with van der Waals surface area (Å²) < 4.78 is 7.70. The van der Waals surface area contributed by atoms with E-state index in [1.165, 1.54) is 16.0 Å². The molecule has 0 radical (unpaired) electrons. The van der Waals surface area contributed by atoms with Crippen molar-refractivity contribution in [2.75, 3.05) is 23.4 Å². The molecule has 0 bridgehead atoms. The van der Waals surface area contributed by atoms with Crippen LogP contribution in [-0.4, -0.2) is 34.5 Å². The van der Waals surface area contributed by atoms with Crippen LogP contribution in [0.15, 0.2) is 72.8 Å². The number of aryl methyl sites for hydroxylation is 3. The Bertz CT molecular complexity index is 1340. The van der Waals surface area contributed by atoms with Gasteiger partial charge in [0.1, 0.15) is 18.1 Å². The van der Waals surface area contributed by atoms with Crippen LogP contribution in [0.4, 0.5) is 11.4 Å².